The zero-order valence-corrected chi connectivity index (χ0v) is 27.2. The number of ether oxygens (including phenoxy) is 2. The Balaban J connectivity index is 1.67. The highest BCUT2D eigenvalue weighted by atomic mass is 16.6. The minimum Gasteiger partial charge on any atom is -0.458 e. The fourth-order valence-electron chi connectivity index (χ4n) is 8.89. The first-order valence-electron chi connectivity index (χ1n) is 16.4. The molecule has 4 aliphatic rings. The van der Waals surface area contributed by atoms with Crippen molar-refractivity contribution in [1.82, 2.24) is 0 Å². The lowest BCUT2D eigenvalue weighted by Crippen LogP contribution is -2.66. The monoisotopic (exact) mass is 602 g/mol. The molecule has 8 nitrogen and oxygen atoms in total. The topological polar surface area (TPSA) is 134 Å². The summed E-state index contributed by atoms with van der Waals surface area (Å²) in [5, 5.41) is 47.7. The van der Waals surface area contributed by atoms with Gasteiger partial charge in [-0.25, -0.2) is 4.79 Å². The van der Waals surface area contributed by atoms with E-state index in [1.807, 2.05) is 20.8 Å². The van der Waals surface area contributed by atoms with Crippen molar-refractivity contribution in [2.24, 2.45) is 28.6 Å². The molecule has 0 radical (unpaired) electrons. The van der Waals surface area contributed by atoms with Gasteiger partial charge in [0.25, 0.3) is 0 Å². The van der Waals surface area contributed by atoms with Crippen molar-refractivity contribution in [2.75, 3.05) is 6.61 Å². The summed E-state index contributed by atoms with van der Waals surface area (Å²) in [4.78, 5) is 25.8. The summed E-state index contributed by atoms with van der Waals surface area (Å²) in [6, 6.07) is 0. The number of carbonyl (C=O) groups is 2. The molecular formula is C35H54O8. The molecule has 0 aromatic carbocycles. The Morgan fingerprint density at radius 3 is 2.30 bits per heavy atom. The van der Waals surface area contributed by atoms with E-state index in [-0.39, 0.29) is 24.1 Å². The van der Waals surface area contributed by atoms with Crippen LogP contribution in [0, 0.1) is 28.6 Å². The van der Waals surface area contributed by atoms with Gasteiger partial charge in [-0.05, 0) is 50.7 Å². The van der Waals surface area contributed by atoms with Crippen LogP contribution in [-0.4, -0.2) is 68.5 Å². The van der Waals surface area contributed by atoms with E-state index < -0.39 is 58.1 Å². The molecular weight excluding hydrogens is 548 g/mol. The number of hydrogen-bond acceptors (Lipinski definition) is 8. The second kappa shape index (κ2) is 12.4. The normalized spacial score (nSPS) is 39.5. The van der Waals surface area contributed by atoms with E-state index in [4.69, 9.17) is 9.47 Å². The van der Waals surface area contributed by atoms with Gasteiger partial charge in [0.15, 0.2) is 0 Å². The molecule has 242 valence electrons. The SMILES string of the molecule is C/C=C(/C)C(=O)OCC1=C[C@@H]2C(O)[C@]3(C=C(C)[C@H](O)[C@@]3(O)[C@@H]1O)[C@H](C)C[C@]1(OC(=O)CCCCCCCCC)[C@H]2C1(C)C. The molecule has 43 heavy (non-hydrogen) atoms. The van der Waals surface area contributed by atoms with Crippen molar-refractivity contribution in [1.29, 1.82) is 0 Å². The standard InChI is InChI=1S/C35H54O8/c1-8-10-11-12-13-14-15-16-26(36)43-34-19-23(5)33-18-22(4)28(37)35(33,41)29(38)24(20-42-31(40)21(3)9-2)17-25(30(33)39)27(34)32(34,6)7/h9,17-18,23,25,27-30,37-39,41H,8,10-16,19-20H2,1-7H3/b21-9-/t23-,25+,27-,28+,29-,30?,33+,34+,35-/m1/s1. The fourth-order valence-corrected chi connectivity index (χ4v) is 8.89. The van der Waals surface area contributed by atoms with Gasteiger partial charge in [-0.2, -0.15) is 0 Å². The Morgan fingerprint density at radius 2 is 1.67 bits per heavy atom. The lowest BCUT2D eigenvalue weighted by atomic mass is 9.58. The maximum atomic E-state index is 13.3. The average molecular weight is 603 g/mol. The van der Waals surface area contributed by atoms with Gasteiger partial charge in [0, 0.05) is 29.2 Å². The summed E-state index contributed by atoms with van der Waals surface area (Å²) in [7, 11) is 0. The number of aliphatic hydroxyl groups excluding tert-OH is 3. The molecule has 9 atom stereocenters. The van der Waals surface area contributed by atoms with E-state index in [1.54, 1.807) is 39.0 Å². The van der Waals surface area contributed by atoms with Gasteiger partial charge in [-0.1, -0.05) is 84.4 Å². The zero-order chi connectivity index (χ0) is 32.0. The highest BCUT2D eigenvalue weighted by molar-refractivity contribution is 5.87. The molecule has 0 saturated heterocycles. The van der Waals surface area contributed by atoms with Gasteiger partial charge in [-0.15, -0.1) is 0 Å². The molecule has 4 N–H and O–H groups in total. The summed E-state index contributed by atoms with van der Waals surface area (Å²) >= 11 is 0. The number of unbranched alkanes of at least 4 members (excludes halogenated alkanes) is 6. The van der Waals surface area contributed by atoms with Gasteiger partial charge >= 0.3 is 11.9 Å². The van der Waals surface area contributed by atoms with Crippen LogP contribution in [0.1, 0.15) is 106 Å². The van der Waals surface area contributed by atoms with E-state index in [2.05, 4.69) is 6.92 Å². The van der Waals surface area contributed by atoms with Crippen molar-refractivity contribution >= 4 is 11.9 Å². The lowest BCUT2D eigenvalue weighted by molar-refractivity contribution is -0.217. The third kappa shape index (κ3) is 5.24. The maximum Gasteiger partial charge on any atom is 0.333 e. The molecule has 0 aromatic heterocycles. The van der Waals surface area contributed by atoms with Gasteiger partial charge < -0.3 is 29.9 Å². The Kier molecular flexibility index (Phi) is 9.78. The minimum atomic E-state index is -2.18. The molecule has 8 heteroatoms. The molecule has 0 aliphatic heterocycles. The Morgan fingerprint density at radius 1 is 1.05 bits per heavy atom. The average Bonchev–Trinajstić information content (AvgIpc) is 3.37. The van der Waals surface area contributed by atoms with Crippen molar-refractivity contribution < 1.29 is 39.5 Å². The molecule has 2 saturated carbocycles. The van der Waals surface area contributed by atoms with Crippen LogP contribution in [0.4, 0.5) is 0 Å². The molecule has 0 aromatic rings. The number of esters is 2. The van der Waals surface area contributed by atoms with Crippen LogP contribution in [-0.2, 0) is 19.1 Å². The Bertz CT molecular complexity index is 1170. The number of hydrogen-bond donors (Lipinski definition) is 4. The number of carbonyl (C=O) groups excluding carboxylic acids is 2. The predicted molar refractivity (Wildman–Crippen MR) is 164 cm³/mol. The molecule has 4 rings (SSSR count). The Hall–Kier alpha value is -2.00. The third-order valence-corrected chi connectivity index (χ3v) is 11.5. The van der Waals surface area contributed by atoms with Crippen molar-refractivity contribution in [2.45, 2.75) is 136 Å². The summed E-state index contributed by atoms with van der Waals surface area (Å²) in [6.07, 6.45) is 9.16. The molecule has 1 spiro atoms. The van der Waals surface area contributed by atoms with Gasteiger partial charge in [0.1, 0.15) is 30.0 Å². The molecule has 2 fully saturated rings. The van der Waals surface area contributed by atoms with Crippen LogP contribution in [0.15, 0.2) is 34.9 Å². The first kappa shape index (κ1) is 33.9. The molecule has 4 aliphatic carbocycles. The van der Waals surface area contributed by atoms with E-state index in [0.717, 1.165) is 19.3 Å². The van der Waals surface area contributed by atoms with Crippen LogP contribution in [0.2, 0.25) is 0 Å². The number of fused-ring (bicyclic) bond motifs is 3. The second-order valence-electron chi connectivity index (χ2n) is 14.3. The predicted octanol–water partition coefficient (Wildman–Crippen LogP) is 4.93. The Labute approximate surface area is 257 Å². The van der Waals surface area contributed by atoms with E-state index in [1.165, 1.54) is 25.7 Å². The smallest absolute Gasteiger partial charge is 0.333 e. The molecule has 2 bridgehead atoms. The van der Waals surface area contributed by atoms with Crippen molar-refractivity contribution in [3.8, 4) is 0 Å². The number of allylic oxidation sites excluding steroid dienone is 1. The lowest BCUT2D eigenvalue weighted by Gasteiger charge is -2.51. The fraction of sp³-hybridized carbons (Fsp3) is 0.771. The largest absolute Gasteiger partial charge is 0.458 e. The minimum absolute atomic E-state index is 0.216. The van der Waals surface area contributed by atoms with E-state index >= 15 is 0 Å². The van der Waals surface area contributed by atoms with Crippen LogP contribution in [0.25, 0.3) is 0 Å². The summed E-state index contributed by atoms with van der Waals surface area (Å²) < 4.78 is 11.9. The summed E-state index contributed by atoms with van der Waals surface area (Å²) in [5.41, 5.74) is -3.92. The summed E-state index contributed by atoms with van der Waals surface area (Å²) in [6.45, 7) is 12.9. The summed E-state index contributed by atoms with van der Waals surface area (Å²) in [5.74, 6) is -2.24. The molecule has 0 heterocycles. The maximum absolute atomic E-state index is 13.3. The highest BCUT2D eigenvalue weighted by Gasteiger charge is 2.82. The quantitative estimate of drug-likeness (QED) is 0.107. The van der Waals surface area contributed by atoms with Crippen LogP contribution < -0.4 is 0 Å². The van der Waals surface area contributed by atoms with Gasteiger partial charge in [0.05, 0.1) is 11.5 Å². The van der Waals surface area contributed by atoms with Crippen LogP contribution in [0.3, 0.4) is 0 Å². The van der Waals surface area contributed by atoms with Gasteiger partial charge in [0.2, 0.25) is 0 Å². The van der Waals surface area contributed by atoms with Crippen LogP contribution >= 0.6 is 0 Å². The van der Waals surface area contributed by atoms with Gasteiger partial charge in [-0.3, -0.25) is 4.79 Å². The molecule has 1 unspecified atom stereocenters. The van der Waals surface area contributed by atoms with Crippen molar-refractivity contribution in [3.05, 3.63) is 34.9 Å². The first-order chi connectivity index (χ1) is 20.2. The molecule has 0 amide bonds. The third-order valence-electron chi connectivity index (χ3n) is 11.5. The zero-order valence-electron chi connectivity index (χ0n) is 27.2. The number of aliphatic hydroxyl groups is 4. The van der Waals surface area contributed by atoms with Crippen molar-refractivity contribution in [3.63, 3.8) is 0 Å². The second-order valence-corrected chi connectivity index (χ2v) is 14.3. The van der Waals surface area contributed by atoms with E-state index in [9.17, 15) is 30.0 Å². The highest BCUT2D eigenvalue weighted by Crippen LogP contribution is 2.76. The first-order valence-corrected chi connectivity index (χ1v) is 16.4. The number of rotatable bonds is 12. The van der Waals surface area contributed by atoms with E-state index in [0.29, 0.717) is 24.0 Å². The van der Waals surface area contributed by atoms with Crippen LogP contribution in [0.5, 0.6) is 0 Å².